The summed E-state index contributed by atoms with van der Waals surface area (Å²) in [4.78, 5) is 53.2. The smallest absolute Gasteiger partial charge is 0.326 e. The second kappa shape index (κ2) is 9.98. The molecule has 2 aliphatic heterocycles. The van der Waals surface area contributed by atoms with Crippen LogP contribution in [-0.2, 0) is 14.4 Å². The van der Waals surface area contributed by atoms with E-state index in [1.807, 2.05) is 52.8 Å². The van der Waals surface area contributed by atoms with Gasteiger partial charge in [0.05, 0.1) is 0 Å². The summed E-state index contributed by atoms with van der Waals surface area (Å²) in [6.45, 7) is 11.4. The molecule has 34 heavy (non-hydrogen) atoms. The minimum absolute atomic E-state index is 0.0827. The molecule has 9 heteroatoms. The summed E-state index contributed by atoms with van der Waals surface area (Å²) in [5.74, 6) is -2.40. The average molecular weight is 490 g/mol. The standard InChI is InChI=1S/C25H35N3O5S/c1-7-14(4)18(24(32)33)27-20(29)17(12-13(2)3)26-21(30)19-25(5,6)34-23-16-11-9-8-10-15(16)22(31)28(19)23/h8-11,13-14,17-19,23H,7,12H2,1-6H3,(H,26,30)(H,27,29)(H,32,33)/t14-,17+,18+,19-,23-/m1/s1. The van der Waals surface area contributed by atoms with Gasteiger partial charge < -0.3 is 20.6 Å². The van der Waals surface area contributed by atoms with Gasteiger partial charge in [-0.3, -0.25) is 14.4 Å². The number of thioether (sulfide) groups is 1. The maximum atomic E-state index is 13.6. The molecular weight excluding hydrogens is 454 g/mol. The van der Waals surface area contributed by atoms with Gasteiger partial charge in [0, 0.05) is 10.3 Å². The van der Waals surface area contributed by atoms with Crippen LogP contribution in [0.15, 0.2) is 24.3 Å². The molecule has 3 N–H and O–H groups in total. The van der Waals surface area contributed by atoms with Crippen LogP contribution in [0.2, 0.25) is 0 Å². The largest absolute Gasteiger partial charge is 0.480 e. The Kier molecular flexibility index (Phi) is 7.65. The Hall–Kier alpha value is -2.55. The molecule has 3 amide bonds. The van der Waals surface area contributed by atoms with Gasteiger partial charge in [-0.2, -0.15) is 0 Å². The Morgan fingerprint density at radius 2 is 1.79 bits per heavy atom. The first-order valence-corrected chi connectivity index (χ1v) is 12.7. The summed E-state index contributed by atoms with van der Waals surface area (Å²) in [7, 11) is 0. The molecule has 1 fully saturated rings. The van der Waals surface area contributed by atoms with Crippen molar-refractivity contribution < 1.29 is 24.3 Å². The van der Waals surface area contributed by atoms with Crippen LogP contribution in [-0.4, -0.2) is 56.6 Å². The van der Waals surface area contributed by atoms with Gasteiger partial charge in [-0.25, -0.2) is 4.79 Å². The normalized spacial score (nSPS) is 23.1. The summed E-state index contributed by atoms with van der Waals surface area (Å²) >= 11 is 1.56. The molecule has 0 radical (unpaired) electrons. The quantitative estimate of drug-likeness (QED) is 0.491. The zero-order chi connectivity index (χ0) is 25.4. The lowest BCUT2D eigenvalue weighted by Gasteiger charge is -2.32. The van der Waals surface area contributed by atoms with E-state index < -0.39 is 40.7 Å². The van der Waals surface area contributed by atoms with Crippen LogP contribution in [0.3, 0.4) is 0 Å². The van der Waals surface area contributed by atoms with Gasteiger partial charge in [0.15, 0.2) is 0 Å². The number of carboxylic acids is 1. The van der Waals surface area contributed by atoms with Gasteiger partial charge in [0.2, 0.25) is 11.8 Å². The highest BCUT2D eigenvalue weighted by atomic mass is 32.2. The molecular formula is C25H35N3O5S. The number of nitrogens with one attached hydrogen (secondary N) is 2. The molecule has 1 aromatic rings. The fraction of sp³-hybridized carbons (Fsp3) is 0.600. The van der Waals surface area contributed by atoms with Crippen molar-refractivity contribution in [2.24, 2.45) is 11.8 Å². The van der Waals surface area contributed by atoms with Crippen LogP contribution >= 0.6 is 11.8 Å². The first-order chi connectivity index (χ1) is 15.9. The Balaban J connectivity index is 1.83. The van der Waals surface area contributed by atoms with E-state index in [1.165, 1.54) is 0 Å². The van der Waals surface area contributed by atoms with Crippen LogP contribution in [0.4, 0.5) is 0 Å². The predicted molar refractivity (Wildman–Crippen MR) is 131 cm³/mol. The van der Waals surface area contributed by atoms with Crippen molar-refractivity contribution in [2.45, 2.75) is 82.6 Å². The first kappa shape index (κ1) is 26.1. The van der Waals surface area contributed by atoms with Crippen LogP contribution in [0.25, 0.3) is 0 Å². The van der Waals surface area contributed by atoms with E-state index >= 15 is 0 Å². The van der Waals surface area contributed by atoms with Crippen LogP contribution in [0, 0.1) is 11.8 Å². The molecule has 0 unspecified atom stereocenters. The van der Waals surface area contributed by atoms with Crippen molar-refractivity contribution in [1.29, 1.82) is 0 Å². The molecule has 0 spiro atoms. The molecule has 2 aliphatic rings. The fourth-order valence-corrected chi connectivity index (χ4v) is 6.28. The minimum atomic E-state index is -1.10. The van der Waals surface area contributed by atoms with Gasteiger partial charge in [-0.15, -0.1) is 11.8 Å². The number of nitrogens with zero attached hydrogens (tertiary/aromatic N) is 1. The highest BCUT2D eigenvalue weighted by Gasteiger charge is 2.57. The van der Waals surface area contributed by atoms with Crippen molar-refractivity contribution in [3.63, 3.8) is 0 Å². The van der Waals surface area contributed by atoms with Gasteiger partial charge in [0.1, 0.15) is 23.5 Å². The van der Waals surface area contributed by atoms with Crippen molar-refractivity contribution in [2.75, 3.05) is 0 Å². The first-order valence-electron chi connectivity index (χ1n) is 11.8. The van der Waals surface area contributed by atoms with Crippen LogP contribution in [0.1, 0.15) is 75.7 Å². The Bertz CT molecular complexity index is 979. The summed E-state index contributed by atoms with van der Waals surface area (Å²) in [6.07, 6.45) is 0.938. The number of carbonyl (C=O) groups is 4. The fourth-order valence-electron chi connectivity index (χ4n) is 4.70. The van der Waals surface area contributed by atoms with E-state index in [0.29, 0.717) is 18.4 Å². The molecule has 1 aromatic carbocycles. The Morgan fingerprint density at radius 1 is 1.15 bits per heavy atom. The molecule has 0 bridgehead atoms. The molecule has 0 aliphatic carbocycles. The zero-order valence-electron chi connectivity index (χ0n) is 20.6. The Labute approximate surface area is 205 Å². The molecule has 1 saturated heterocycles. The number of aliphatic carboxylic acids is 1. The minimum Gasteiger partial charge on any atom is -0.480 e. The van der Waals surface area contributed by atoms with Crippen LogP contribution in [0.5, 0.6) is 0 Å². The third-order valence-corrected chi connectivity index (χ3v) is 8.20. The van der Waals surface area contributed by atoms with E-state index in [-0.39, 0.29) is 23.1 Å². The third kappa shape index (κ3) is 4.94. The number of hydrogen-bond donors (Lipinski definition) is 3. The highest BCUT2D eigenvalue weighted by molar-refractivity contribution is 8.01. The maximum absolute atomic E-state index is 13.6. The number of benzene rings is 1. The molecule has 3 rings (SSSR count). The Morgan fingerprint density at radius 3 is 2.38 bits per heavy atom. The van der Waals surface area contributed by atoms with E-state index in [9.17, 15) is 24.3 Å². The number of carboxylic acid groups (broad SMARTS) is 1. The van der Waals surface area contributed by atoms with Crippen molar-refractivity contribution in [3.05, 3.63) is 35.4 Å². The highest BCUT2D eigenvalue weighted by Crippen LogP contribution is 2.56. The number of rotatable bonds is 9. The van der Waals surface area contributed by atoms with Crippen LogP contribution < -0.4 is 10.6 Å². The van der Waals surface area contributed by atoms with E-state index in [0.717, 1.165) is 5.56 Å². The van der Waals surface area contributed by atoms with Crippen molar-refractivity contribution in [1.82, 2.24) is 15.5 Å². The SMILES string of the molecule is CC[C@@H](C)[C@H](NC(=O)[C@H](CC(C)C)NC(=O)[C@H]1N2C(=O)c3ccccc3[C@H]2SC1(C)C)C(=O)O. The summed E-state index contributed by atoms with van der Waals surface area (Å²) in [5.41, 5.74) is 1.50. The number of hydrogen-bond acceptors (Lipinski definition) is 5. The molecule has 0 saturated carbocycles. The molecule has 2 heterocycles. The second-order valence-electron chi connectivity index (χ2n) is 10.2. The number of carbonyl (C=O) groups excluding carboxylic acids is 3. The topological polar surface area (TPSA) is 116 Å². The lowest BCUT2D eigenvalue weighted by molar-refractivity contribution is -0.144. The lowest BCUT2D eigenvalue weighted by atomic mass is 9.96. The zero-order valence-corrected chi connectivity index (χ0v) is 21.4. The summed E-state index contributed by atoms with van der Waals surface area (Å²) in [6, 6.07) is 4.67. The lowest BCUT2D eigenvalue weighted by Crippen LogP contribution is -2.59. The van der Waals surface area contributed by atoms with Gasteiger partial charge in [0.25, 0.3) is 5.91 Å². The summed E-state index contributed by atoms with van der Waals surface area (Å²) in [5, 5.41) is 14.8. The van der Waals surface area contributed by atoms with E-state index in [1.54, 1.807) is 29.7 Å². The van der Waals surface area contributed by atoms with Crippen molar-refractivity contribution in [3.8, 4) is 0 Å². The second-order valence-corrected chi connectivity index (χ2v) is 11.9. The molecule has 186 valence electrons. The maximum Gasteiger partial charge on any atom is 0.326 e. The van der Waals surface area contributed by atoms with E-state index in [4.69, 9.17) is 0 Å². The average Bonchev–Trinajstić information content (AvgIpc) is 3.19. The number of amides is 3. The predicted octanol–water partition coefficient (Wildman–Crippen LogP) is 3.18. The van der Waals surface area contributed by atoms with Gasteiger partial charge >= 0.3 is 5.97 Å². The molecule has 5 atom stereocenters. The molecule has 8 nitrogen and oxygen atoms in total. The number of fused-ring (bicyclic) bond motifs is 3. The van der Waals surface area contributed by atoms with E-state index in [2.05, 4.69) is 10.6 Å². The summed E-state index contributed by atoms with van der Waals surface area (Å²) < 4.78 is -0.572. The monoisotopic (exact) mass is 489 g/mol. The van der Waals surface area contributed by atoms with Crippen molar-refractivity contribution >= 4 is 35.5 Å². The third-order valence-electron chi connectivity index (χ3n) is 6.66. The van der Waals surface area contributed by atoms with Gasteiger partial charge in [-0.1, -0.05) is 52.3 Å². The molecule has 0 aromatic heterocycles. The van der Waals surface area contributed by atoms with Gasteiger partial charge in [-0.05, 0) is 43.7 Å².